The molecule has 0 saturated carbocycles. The van der Waals surface area contributed by atoms with E-state index in [2.05, 4.69) is 22.8 Å². The van der Waals surface area contributed by atoms with Gasteiger partial charge in [0.2, 0.25) is 5.91 Å². The lowest BCUT2D eigenvalue weighted by Gasteiger charge is -2.25. The van der Waals surface area contributed by atoms with Crippen LogP contribution in [0.15, 0.2) is 48.5 Å². The van der Waals surface area contributed by atoms with Crippen LogP contribution >= 0.6 is 0 Å². The number of unbranched alkanes of at least 4 members (excludes halogenated alkanes) is 1. The van der Waals surface area contributed by atoms with Crippen LogP contribution in [0.5, 0.6) is 0 Å². The van der Waals surface area contributed by atoms with Crippen molar-refractivity contribution in [3.05, 3.63) is 59.7 Å². The Bertz CT molecular complexity index is 974. The van der Waals surface area contributed by atoms with Crippen molar-refractivity contribution in [2.24, 2.45) is 5.92 Å². The highest BCUT2D eigenvalue weighted by molar-refractivity contribution is 5.86. The summed E-state index contributed by atoms with van der Waals surface area (Å²) >= 11 is 0. The number of carbonyl (C=O) groups excluding carboxylic acids is 2. The van der Waals surface area contributed by atoms with Crippen LogP contribution in [0.3, 0.4) is 0 Å². The summed E-state index contributed by atoms with van der Waals surface area (Å²) in [5.41, 5.74) is 4.51. The molecule has 7 heteroatoms. The fourth-order valence-corrected chi connectivity index (χ4v) is 4.48. The van der Waals surface area contributed by atoms with Crippen molar-refractivity contribution < 1.29 is 24.2 Å². The van der Waals surface area contributed by atoms with Gasteiger partial charge in [0.25, 0.3) is 0 Å². The van der Waals surface area contributed by atoms with Gasteiger partial charge in [-0.1, -0.05) is 82.1 Å². The molecular formula is C27H34N2O5. The molecule has 34 heavy (non-hydrogen) atoms. The molecule has 1 unspecified atom stereocenters. The number of fused-ring (bicyclic) bond motifs is 3. The minimum atomic E-state index is -0.966. The van der Waals surface area contributed by atoms with Gasteiger partial charge in [-0.15, -0.1) is 0 Å². The molecule has 3 rings (SSSR count). The molecule has 2 atom stereocenters. The molecule has 2 aromatic rings. The van der Waals surface area contributed by atoms with E-state index in [-0.39, 0.29) is 24.9 Å². The lowest BCUT2D eigenvalue weighted by atomic mass is 9.98. The summed E-state index contributed by atoms with van der Waals surface area (Å²) < 4.78 is 5.58. The van der Waals surface area contributed by atoms with Crippen molar-refractivity contribution in [3.8, 4) is 11.1 Å². The van der Waals surface area contributed by atoms with Gasteiger partial charge < -0.3 is 20.5 Å². The van der Waals surface area contributed by atoms with E-state index in [1.807, 2.05) is 57.2 Å². The van der Waals surface area contributed by atoms with E-state index < -0.39 is 30.1 Å². The monoisotopic (exact) mass is 466 g/mol. The molecule has 1 aliphatic carbocycles. The fraction of sp³-hybridized carbons (Fsp3) is 0.444. The van der Waals surface area contributed by atoms with Crippen molar-refractivity contribution in [1.82, 2.24) is 10.6 Å². The average molecular weight is 467 g/mol. The Labute approximate surface area is 200 Å². The van der Waals surface area contributed by atoms with Gasteiger partial charge in [0.1, 0.15) is 12.6 Å². The number of hydrogen-bond acceptors (Lipinski definition) is 4. The van der Waals surface area contributed by atoms with E-state index >= 15 is 0 Å². The van der Waals surface area contributed by atoms with Gasteiger partial charge in [-0.3, -0.25) is 9.59 Å². The van der Waals surface area contributed by atoms with E-state index in [1.54, 1.807) is 0 Å². The number of carboxylic acid groups (broad SMARTS) is 1. The minimum Gasteiger partial charge on any atom is -0.481 e. The minimum absolute atomic E-state index is 0.0709. The molecule has 2 amide bonds. The van der Waals surface area contributed by atoms with E-state index in [9.17, 15) is 14.4 Å². The fourth-order valence-electron chi connectivity index (χ4n) is 4.48. The molecular weight excluding hydrogens is 432 g/mol. The summed E-state index contributed by atoms with van der Waals surface area (Å²) in [6.07, 6.45) is 1.47. The standard InChI is InChI=1S/C27H34N2O5/c1-4-5-10-18(15-24(30)31)28-26(32)25(17(2)3)29-27(33)34-16-23-21-13-8-6-11-19(21)20-12-7-9-14-22(20)23/h6-9,11-14,17-18,23,25H,4-5,10,15-16H2,1-3H3,(H,28,32)(H,29,33)(H,30,31)/t18-,25?/m1/s1. The first kappa shape index (κ1) is 25.3. The van der Waals surface area contributed by atoms with Crippen LogP contribution in [-0.2, 0) is 14.3 Å². The van der Waals surface area contributed by atoms with Crippen LogP contribution in [0.2, 0.25) is 0 Å². The number of amides is 2. The largest absolute Gasteiger partial charge is 0.481 e. The van der Waals surface area contributed by atoms with E-state index in [0.29, 0.717) is 6.42 Å². The Kier molecular flexibility index (Phi) is 8.68. The van der Waals surface area contributed by atoms with Crippen molar-refractivity contribution in [1.29, 1.82) is 0 Å². The topological polar surface area (TPSA) is 105 Å². The van der Waals surface area contributed by atoms with Gasteiger partial charge in [-0.2, -0.15) is 0 Å². The van der Waals surface area contributed by atoms with E-state index in [0.717, 1.165) is 35.1 Å². The van der Waals surface area contributed by atoms with Crippen LogP contribution < -0.4 is 10.6 Å². The Morgan fingerprint density at radius 1 is 0.971 bits per heavy atom. The molecule has 0 spiro atoms. The van der Waals surface area contributed by atoms with Gasteiger partial charge in [0, 0.05) is 12.0 Å². The average Bonchev–Trinajstić information content (AvgIpc) is 3.12. The third kappa shape index (κ3) is 6.16. The highest BCUT2D eigenvalue weighted by Gasteiger charge is 2.31. The van der Waals surface area contributed by atoms with Gasteiger partial charge in [0.05, 0.1) is 6.42 Å². The summed E-state index contributed by atoms with van der Waals surface area (Å²) in [7, 11) is 0. The zero-order valence-corrected chi connectivity index (χ0v) is 20.0. The Morgan fingerprint density at radius 3 is 2.09 bits per heavy atom. The highest BCUT2D eigenvalue weighted by atomic mass is 16.5. The third-order valence-corrected chi connectivity index (χ3v) is 6.24. The molecule has 182 valence electrons. The summed E-state index contributed by atoms with van der Waals surface area (Å²) in [6.45, 7) is 5.82. The summed E-state index contributed by atoms with van der Waals surface area (Å²) in [4.78, 5) is 36.7. The number of rotatable bonds is 11. The number of ether oxygens (including phenoxy) is 1. The van der Waals surface area contributed by atoms with E-state index in [4.69, 9.17) is 9.84 Å². The second kappa shape index (κ2) is 11.7. The molecule has 7 nitrogen and oxygen atoms in total. The first-order chi connectivity index (χ1) is 16.3. The zero-order valence-electron chi connectivity index (χ0n) is 20.0. The first-order valence-corrected chi connectivity index (χ1v) is 12.0. The highest BCUT2D eigenvalue weighted by Crippen LogP contribution is 2.44. The second-order valence-electron chi connectivity index (χ2n) is 9.14. The van der Waals surface area contributed by atoms with Crippen LogP contribution in [-0.4, -0.2) is 41.8 Å². The SMILES string of the molecule is CCCC[C@H](CC(=O)O)NC(=O)C(NC(=O)OCC1c2ccccc2-c2ccccc21)C(C)C. The molecule has 0 bridgehead atoms. The maximum atomic E-state index is 12.9. The molecule has 0 aliphatic heterocycles. The zero-order chi connectivity index (χ0) is 24.7. The Balaban J connectivity index is 1.63. The maximum absolute atomic E-state index is 12.9. The van der Waals surface area contributed by atoms with Gasteiger partial charge in [-0.25, -0.2) is 4.79 Å². The lowest BCUT2D eigenvalue weighted by Crippen LogP contribution is -2.52. The third-order valence-electron chi connectivity index (χ3n) is 6.24. The molecule has 3 N–H and O–H groups in total. The molecule has 0 fully saturated rings. The number of hydrogen-bond donors (Lipinski definition) is 3. The predicted molar refractivity (Wildman–Crippen MR) is 131 cm³/mol. The quantitative estimate of drug-likeness (QED) is 0.445. The van der Waals surface area contributed by atoms with Crippen molar-refractivity contribution in [3.63, 3.8) is 0 Å². The predicted octanol–water partition coefficient (Wildman–Crippen LogP) is 4.70. The summed E-state index contributed by atoms with van der Waals surface area (Å²) in [6, 6.07) is 14.9. The van der Waals surface area contributed by atoms with Crippen molar-refractivity contribution in [2.45, 2.75) is 64.5 Å². The number of carboxylic acids is 1. The normalized spacial score (nSPS) is 14.1. The molecule has 1 aliphatic rings. The van der Waals surface area contributed by atoms with Gasteiger partial charge >= 0.3 is 12.1 Å². The number of alkyl carbamates (subject to hydrolysis) is 1. The molecule has 0 aromatic heterocycles. The maximum Gasteiger partial charge on any atom is 0.407 e. The van der Waals surface area contributed by atoms with Crippen LogP contribution in [0.25, 0.3) is 11.1 Å². The Morgan fingerprint density at radius 2 is 1.56 bits per heavy atom. The van der Waals surface area contributed by atoms with Crippen LogP contribution in [0.1, 0.15) is 63.5 Å². The first-order valence-electron chi connectivity index (χ1n) is 12.0. The smallest absolute Gasteiger partial charge is 0.407 e. The number of carbonyl (C=O) groups is 3. The van der Waals surface area contributed by atoms with Gasteiger partial charge in [0.15, 0.2) is 0 Å². The molecule has 2 aromatic carbocycles. The Hall–Kier alpha value is -3.35. The summed E-state index contributed by atoms with van der Waals surface area (Å²) in [5, 5.41) is 14.6. The van der Waals surface area contributed by atoms with Crippen LogP contribution in [0, 0.1) is 5.92 Å². The molecule has 0 heterocycles. The molecule has 0 radical (unpaired) electrons. The van der Waals surface area contributed by atoms with E-state index in [1.165, 1.54) is 0 Å². The number of nitrogens with one attached hydrogen (secondary N) is 2. The molecule has 0 saturated heterocycles. The van der Waals surface area contributed by atoms with Crippen LogP contribution in [0.4, 0.5) is 4.79 Å². The van der Waals surface area contributed by atoms with Crippen molar-refractivity contribution in [2.75, 3.05) is 6.61 Å². The number of aliphatic carboxylic acids is 1. The summed E-state index contributed by atoms with van der Waals surface area (Å²) in [5.74, 6) is -1.63. The number of benzene rings is 2. The lowest BCUT2D eigenvalue weighted by molar-refractivity contribution is -0.137. The van der Waals surface area contributed by atoms with Crippen molar-refractivity contribution >= 4 is 18.0 Å². The van der Waals surface area contributed by atoms with Gasteiger partial charge in [-0.05, 0) is 34.6 Å². The second-order valence-corrected chi connectivity index (χ2v) is 9.14.